The molecule has 5 aliphatic rings. The van der Waals surface area contributed by atoms with E-state index in [0.717, 1.165) is 30.6 Å². The van der Waals surface area contributed by atoms with Gasteiger partial charge in [-0.2, -0.15) is 0 Å². The van der Waals surface area contributed by atoms with Crippen molar-refractivity contribution in [2.75, 3.05) is 7.11 Å². The molecule has 1 aromatic rings. The molecule has 7 nitrogen and oxygen atoms in total. The number of Topliss-reactive ketones (excluding diaryl/α,β-unsaturated/α-hetero) is 1. The molecule has 0 radical (unpaired) electrons. The zero-order chi connectivity index (χ0) is 30.0. The fourth-order valence-corrected chi connectivity index (χ4v) is 11.0. The summed E-state index contributed by atoms with van der Waals surface area (Å²) in [6.45, 7) is 7.74. The van der Waals surface area contributed by atoms with Gasteiger partial charge < -0.3 is 29.5 Å². The maximum absolute atomic E-state index is 12.6. The van der Waals surface area contributed by atoms with E-state index in [-0.39, 0.29) is 40.3 Å². The Morgan fingerprint density at radius 3 is 2.52 bits per heavy atom. The van der Waals surface area contributed by atoms with Crippen LogP contribution >= 0.6 is 11.8 Å². The van der Waals surface area contributed by atoms with Crippen LogP contribution in [-0.4, -0.2) is 75.9 Å². The molecule has 0 bridgehead atoms. The molecule has 1 aliphatic heterocycles. The number of aliphatic hydroxyl groups excluding tert-OH is 2. The lowest BCUT2D eigenvalue weighted by Gasteiger charge is -2.62. The molecular weight excluding hydrogens is 552 g/mol. The number of benzene rings is 1. The van der Waals surface area contributed by atoms with Crippen LogP contribution in [0.25, 0.3) is 0 Å². The van der Waals surface area contributed by atoms with Gasteiger partial charge in [0.1, 0.15) is 18.0 Å². The number of thioether (sulfide) groups is 1. The highest BCUT2D eigenvalue weighted by Gasteiger charge is 2.70. The van der Waals surface area contributed by atoms with Crippen LogP contribution in [0.3, 0.4) is 0 Å². The molecule has 3 N–H and O–H groups in total. The summed E-state index contributed by atoms with van der Waals surface area (Å²) in [5.74, 6) is -0.0416. The summed E-state index contributed by atoms with van der Waals surface area (Å²) in [6.07, 6.45) is 4.53. The van der Waals surface area contributed by atoms with E-state index >= 15 is 0 Å². The topological polar surface area (TPSA) is 105 Å². The minimum atomic E-state index is -1.05. The van der Waals surface area contributed by atoms with E-state index in [0.29, 0.717) is 19.3 Å². The van der Waals surface area contributed by atoms with Crippen molar-refractivity contribution in [3.8, 4) is 0 Å². The number of hydrogen-bond acceptors (Lipinski definition) is 8. The Morgan fingerprint density at radius 2 is 1.83 bits per heavy atom. The second-order valence-corrected chi connectivity index (χ2v) is 15.3. The van der Waals surface area contributed by atoms with Crippen LogP contribution in [-0.2, 0) is 19.0 Å². The first kappa shape index (κ1) is 30.8. The van der Waals surface area contributed by atoms with Crippen LogP contribution < -0.4 is 0 Å². The molecule has 1 heterocycles. The van der Waals surface area contributed by atoms with Crippen LogP contribution in [0.15, 0.2) is 46.9 Å². The lowest BCUT2D eigenvalue weighted by molar-refractivity contribution is -0.262. The molecule has 8 heteroatoms. The molecular formula is C34H48O7S. The van der Waals surface area contributed by atoms with Gasteiger partial charge in [0.25, 0.3) is 0 Å². The van der Waals surface area contributed by atoms with E-state index < -0.39 is 41.7 Å². The van der Waals surface area contributed by atoms with Gasteiger partial charge in [-0.3, -0.25) is 4.79 Å². The summed E-state index contributed by atoms with van der Waals surface area (Å²) in [5.41, 5.74) is -0.641. The van der Waals surface area contributed by atoms with Crippen molar-refractivity contribution in [3.63, 3.8) is 0 Å². The summed E-state index contributed by atoms with van der Waals surface area (Å²) in [4.78, 5) is 13.6. The number of allylic oxidation sites excluding steroid dienone is 1. The van der Waals surface area contributed by atoms with Crippen molar-refractivity contribution < 1.29 is 34.3 Å². The molecule has 0 aromatic heterocycles. The third kappa shape index (κ3) is 4.67. The van der Waals surface area contributed by atoms with Gasteiger partial charge in [0, 0.05) is 23.3 Å². The quantitative estimate of drug-likeness (QED) is 0.396. The highest BCUT2D eigenvalue weighted by molar-refractivity contribution is 8.00. The molecule has 0 amide bonds. The van der Waals surface area contributed by atoms with Gasteiger partial charge in [0.2, 0.25) is 0 Å². The van der Waals surface area contributed by atoms with Gasteiger partial charge in [0.15, 0.2) is 6.29 Å². The van der Waals surface area contributed by atoms with Gasteiger partial charge in [-0.15, -0.1) is 11.8 Å². The Bertz CT molecular complexity index is 1190. The molecule has 4 aliphatic carbocycles. The van der Waals surface area contributed by atoms with E-state index in [1.807, 2.05) is 32.0 Å². The van der Waals surface area contributed by atoms with Gasteiger partial charge in [0.05, 0.1) is 29.2 Å². The van der Waals surface area contributed by atoms with E-state index in [1.165, 1.54) is 5.57 Å². The third-order valence-corrected chi connectivity index (χ3v) is 13.5. The molecule has 1 aromatic carbocycles. The molecule has 232 valence electrons. The minimum absolute atomic E-state index is 0.0274. The zero-order valence-corrected chi connectivity index (χ0v) is 26.4. The third-order valence-electron chi connectivity index (χ3n) is 12.2. The maximum atomic E-state index is 12.6. The summed E-state index contributed by atoms with van der Waals surface area (Å²) < 4.78 is 18.9. The lowest BCUT2D eigenvalue weighted by Crippen LogP contribution is -2.66. The monoisotopic (exact) mass is 600 g/mol. The van der Waals surface area contributed by atoms with Crippen LogP contribution in [0.4, 0.5) is 0 Å². The smallest absolute Gasteiger partial charge is 0.173 e. The largest absolute Gasteiger partial charge is 0.392 e. The first-order chi connectivity index (χ1) is 19.9. The molecule has 3 saturated carbocycles. The second kappa shape index (κ2) is 11.3. The van der Waals surface area contributed by atoms with Crippen molar-refractivity contribution in [1.82, 2.24) is 0 Å². The summed E-state index contributed by atoms with van der Waals surface area (Å²) in [6, 6.07) is 10.1. The Hall–Kier alpha value is -1.26. The Kier molecular flexibility index (Phi) is 8.25. The van der Waals surface area contributed by atoms with E-state index in [9.17, 15) is 20.1 Å². The number of hydrogen-bond donors (Lipinski definition) is 3. The van der Waals surface area contributed by atoms with Crippen molar-refractivity contribution in [2.24, 2.45) is 28.6 Å². The van der Waals surface area contributed by atoms with Gasteiger partial charge in [-0.05, 0) is 88.2 Å². The predicted molar refractivity (Wildman–Crippen MR) is 161 cm³/mol. The number of aliphatic hydroxyl groups is 3. The second-order valence-electron chi connectivity index (χ2n) is 14.1. The van der Waals surface area contributed by atoms with Crippen molar-refractivity contribution in [1.29, 1.82) is 0 Å². The highest BCUT2D eigenvalue weighted by atomic mass is 32.2. The minimum Gasteiger partial charge on any atom is -0.392 e. The fourth-order valence-electron chi connectivity index (χ4n) is 9.68. The first-order valence-corrected chi connectivity index (χ1v) is 16.7. The van der Waals surface area contributed by atoms with Gasteiger partial charge in [-0.25, -0.2) is 0 Å². The Morgan fingerprint density at radius 1 is 1.10 bits per heavy atom. The first-order valence-electron chi connectivity index (χ1n) is 15.8. The number of methoxy groups -OCH3 is 1. The maximum Gasteiger partial charge on any atom is 0.173 e. The molecule has 13 atom stereocenters. The van der Waals surface area contributed by atoms with Crippen LogP contribution in [0.1, 0.15) is 72.6 Å². The number of carbonyl (C=O) groups is 1. The molecule has 6 rings (SSSR count). The summed E-state index contributed by atoms with van der Waals surface area (Å²) in [7, 11) is 1.64. The van der Waals surface area contributed by atoms with Gasteiger partial charge >= 0.3 is 0 Å². The van der Waals surface area contributed by atoms with Crippen LogP contribution in [0, 0.1) is 28.6 Å². The van der Waals surface area contributed by atoms with E-state index in [2.05, 4.69) is 25.1 Å². The van der Waals surface area contributed by atoms with Crippen LogP contribution in [0.5, 0.6) is 0 Å². The average Bonchev–Trinajstić information content (AvgIpc) is 3.25. The SMILES string of the molecule is COC1C(O)C(C)OC(OC2CC[C@@]3(C)C(=CCC4C3C[C@@H](O)[C@]3(C)C(C(C)=O)CC[C@]43O)C2)C1Sc1ccccc1. The van der Waals surface area contributed by atoms with Crippen LogP contribution in [0.2, 0.25) is 0 Å². The lowest BCUT2D eigenvalue weighted by atomic mass is 9.45. The summed E-state index contributed by atoms with van der Waals surface area (Å²) in [5, 5.41) is 34.5. The number of rotatable bonds is 6. The van der Waals surface area contributed by atoms with Gasteiger partial charge in [-0.1, -0.05) is 43.7 Å². The van der Waals surface area contributed by atoms with Crippen molar-refractivity contribution in [2.45, 2.75) is 125 Å². The Balaban J connectivity index is 1.22. The molecule has 9 unspecified atom stereocenters. The number of carbonyl (C=O) groups excluding carboxylic acids is 1. The normalized spacial score (nSPS) is 48.5. The van der Waals surface area contributed by atoms with E-state index in [1.54, 1.807) is 25.8 Å². The number of ether oxygens (including phenoxy) is 3. The fraction of sp³-hybridized carbons (Fsp3) is 0.735. The molecule has 0 spiro atoms. The molecule has 4 fully saturated rings. The highest BCUT2D eigenvalue weighted by Crippen LogP contribution is 2.68. The molecule has 42 heavy (non-hydrogen) atoms. The zero-order valence-electron chi connectivity index (χ0n) is 25.6. The van der Waals surface area contributed by atoms with E-state index in [4.69, 9.17) is 14.2 Å². The standard InChI is InChI=1S/C34H48O7S/c1-19(35)24-14-16-34(38)25-12-11-21-17-22(13-15-32(21,3)26(25)18-27(36)33(24,34)4)41-31-30(42-23-9-7-6-8-10-23)29(39-5)28(37)20(2)40-31/h6-11,20,22,24-31,36-38H,12-18H2,1-5H3/t20?,22?,24?,25?,26?,27-,28?,29?,30?,31?,32+,33+,34+/m1/s1. The molecule has 1 saturated heterocycles. The van der Waals surface area contributed by atoms with Crippen molar-refractivity contribution in [3.05, 3.63) is 42.0 Å². The Labute approximate surface area is 254 Å². The number of fused-ring (bicyclic) bond motifs is 5. The number of ketones is 1. The van der Waals surface area contributed by atoms with Crippen molar-refractivity contribution >= 4 is 17.5 Å². The summed E-state index contributed by atoms with van der Waals surface area (Å²) >= 11 is 1.62. The average molecular weight is 601 g/mol. The predicted octanol–water partition coefficient (Wildman–Crippen LogP) is 4.91.